The number of thiazole rings is 1. The summed E-state index contributed by atoms with van der Waals surface area (Å²) in [4.78, 5) is 44.0. The number of hydrogen-bond acceptors (Lipinski definition) is 6. The molecule has 2 aliphatic rings. The maximum Gasteiger partial charge on any atom is 0.248 e. The van der Waals surface area contributed by atoms with Gasteiger partial charge in [0.05, 0.1) is 12.5 Å². The minimum Gasteiger partial charge on any atom is -0.330 e. The minimum absolute atomic E-state index is 0.0380. The van der Waals surface area contributed by atoms with Gasteiger partial charge >= 0.3 is 0 Å². The Kier molecular flexibility index (Phi) is 7.23. The van der Waals surface area contributed by atoms with Crippen LogP contribution >= 0.6 is 11.3 Å². The molecule has 3 atom stereocenters. The summed E-state index contributed by atoms with van der Waals surface area (Å²) in [5.41, 5.74) is 0. The number of anilines is 1. The first kappa shape index (κ1) is 21.7. The van der Waals surface area contributed by atoms with E-state index in [0.717, 1.165) is 30.6 Å². The fraction of sp³-hybridized carbons (Fsp3) is 0.700. The van der Waals surface area contributed by atoms with Crippen LogP contribution in [0.2, 0.25) is 0 Å². The van der Waals surface area contributed by atoms with E-state index in [9.17, 15) is 19.6 Å². The number of rotatable bonds is 8. The molecule has 0 unspecified atom stereocenters. The molecule has 1 aliphatic heterocycles. The van der Waals surface area contributed by atoms with Crippen LogP contribution in [-0.2, 0) is 14.4 Å². The molecule has 9 heteroatoms. The van der Waals surface area contributed by atoms with E-state index >= 15 is 0 Å². The third kappa shape index (κ3) is 5.54. The number of nitrogens with one attached hydrogen (secondary N) is 1. The van der Waals surface area contributed by atoms with Crippen LogP contribution in [0.3, 0.4) is 0 Å². The van der Waals surface area contributed by atoms with E-state index in [4.69, 9.17) is 0 Å². The molecule has 160 valence electrons. The Hall–Kier alpha value is -2.00. The molecule has 0 radical (unpaired) electrons. The zero-order valence-corrected chi connectivity index (χ0v) is 17.9. The summed E-state index contributed by atoms with van der Waals surface area (Å²) in [5.74, 6) is -0.257. The van der Waals surface area contributed by atoms with E-state index in [1.54, 1.807) is 11.1 Å². The first-order valence-corrected chi connectivity index (χ1v) is 11.1. The second-order valence-corrected chi connectivity index (χ2v) is 9.66. The van der Waals surface area contributed by atoms with Gasteiger partial charge in [0.15, 0.2) is 5.13 Å². The van der Waals surface area contributed by atoms with E-state index in [1.165, 1.54) is 11.3 Å². The predicted molar refractivity (Wildman–Crippen MR) is 109 cm³/mol. The number of hydrogen-bond donors (Lipinski definition) is 2. The Labute approximate surface area is 175 Å². The van der Waals surface area contributed by atoms with Gasteiger partial charge in [-0.25, -0.2) is 10.0 Å². The highest BCUT2D eigenvalue weighted by Gasteiger charge is 2.41. The van der Waals surface area contributed by atoms with E-state index in [2.05, 4.69) is 10.3 Å². The van der Waals surface area contributed by atoms with Crippen molar-refractivity contribution in [1.29, 1.82) is 0 Å². The summed E-state index contributed by atoms with van der Waals surface area (Å²) in [5, 5.41) is 13.6. The van der Waals surface area contributed by atoms with E-state index in [1.807, 2.05) is 13.8 Å². The monoisotopic (exact) mass is 422 g/mol. The van der Waals surface area contributed by atoms with Crippen LogP contribution in [0, 0.1) is 24.7 Å². The Morgan fingerprint density at radius 1 is 1.45 bits per heavy atom. The summed E-state index contributed by atoms with van der Waals surface area (Å²) in [6.07, 6.45) is 7.70. The number of carbonyl (C=O) groups excluding carboxylic acids is 3. The lowest BCUT2D eigenvalue weighted by atomic mass is 9.91. The Bertz CT molecular complexity index is 734. The van der Waals surface area contributed by atoms with Crippen molar-refractivity contribution in [3.05, 3.63) is 11.1 Å². The van der Waals surface area contributed by atoms with Crippen molar-refractivity contribution >= 4 is 34.7 Å². The first-order chi connectivity index (χ1) is 13.9. The molecule has 1 aromatic rings. The zero-order valence-electron chi connectivity index (χ0n) is 17.0. The normalized spacial score (nSPS) is 23.2. The average molecular weight is 423 g/mol. The van der Waals surface area contributed by atoms with Crippen LogP contribution in [0.5, 0.6) is 0 Å². The van der Waals surface area contributed by atoms with Gasteiger partial charge in [0.1, 0.15) is 6.04 Å². The van der Waals surface area contributed by atoms with Gasteiger partial charge < -0.3 is 10.2 Å². The van der Waals surface area contributed by atoms with Gasteiger partial charge in [0.2, 0.25) is 18.2 Å². The summed E-state index contributed by atoms with van der Waals surface area (Å²) < 4.78 is 0. The quantitative estimate of drug-likeness (QED) is 0.381. The Morgan fingerprint density at radius 3 is 2.79 bits per heavy atom. The van der Waals surface area contributed by atoms with Crippen molar-refractivity contribution in [2.24, 2.45) is 17.8 Å². The largest absolute Gasteiger partial charge is 0.330 e. The number of hydroxylamine groups is 2. The lowest BCUT2D eigenvalue weighted by Crippen LogP contribution is -2.48. The van der Waals surface area contributed by atoms with Crippen LogP contribution in [0.1, 0.15) is 50.3 Å². The van der Waals surface area contributed by atoms with Gasteiger partial charge in [-0.15, -0.1) is 11.3 Å². The van der Waals surface area contributed by atoms with Crippen LogP contribution < -0.4 is 5.32 Å². The standard InChI is InChI=1S/C20H30N4O4S/c1-13-7-17(18(26)22-20-21-9-14(2)29-20)24(10-13)19(27)16(11-23(28)12-25)8-15-5-3-4-6-15/h9,12-13,15-17,28H,3-8,10-11H2,1-2H3,(H,21,22,26)/t13-,16+,17-/m0/s1. The maximum absolute atomic E-state index is 13.4. The van der Waals surface area contributed by atoms with Gasteiger partial charge in [-0.05, 0) is 31.6 Å². The third-order valence-electron chi connectivity index (χ3n) is 5.92. The SMILES string of the molecule is Cc1cnc(NC(=O)[C@@H]2C[C@H](C)CN2C(=O)[C@H](CC2CCCC2)CN(O)C=O)s1. The second-order valence-electron chi connectivity index (χ2n) is 8.42. The summed E-state index contributed by atoms with van der Waals surface area (Å²) >= 11 is 1.40. The molecule has 0 spiro atoms. The first-order valence-electron chi connectivity index (χ1n) is 10.3. The van der Waals surface area contributed by atoms with E-state index in [0.29, 0.717) is 41.9 Å². The Balaban J connectivity index is 1.72. The highest BCUT2D eigenvalue weighted by molar-refractivity contribution is 7.15. The van der Waals surface area contributed by atoms with Gasteiger partial charge in [-0.1, -0.05) is 32.6 Å². The predicted octanol–water partition coefficient (Wildman–Crippen LogP) is 2.67. The van der Waals surface area contributed by atoms with Crippen LogP contribution in [0.25, 0.3) is 0 Å². The average Bonchev–Trinajstić information content (AvgIpc) is 3.42. The lowest BCUT2D eigenvalue weighted by molar-refractivity contribution is -0.158. The molecule has 1 aromatic heterocycles. The molecular formula is C20H30N4O4S. The summed E-state index contributed by atoms with van der Waals surface area (Å²) in [6.45, 7) is 4.41. The van der Waals surface area contributed by atoms with Crippen molar-refractivity contribution < 1.29 is 19.6 Å². The molecule has 2 fully saturated rings. The molecular weight excluding hydrogens is 392 g/mol. The molecule has 29 heavy (non-hydrogen) atoms. The Morgan fingerprint density at radius 2 is 2.17 bits per heavy atom. The third-order valence-corrected chi connectivity index (χ3v) is 6.75. The zero-order chi connectivity index (χ0) is 21.0. The fourth-order valence-electron chi connectivity index (χ4n) is 4.54. The number of nitrogens with zero attached hydrogens (tertiary/aromatic N) is 3. The lowest BCUT2D eigenvalue weighted by Gasteiger charge is -2.30. The van der Waals surface area contributed by atoms with Gasteiger partial charge in [0.25, 0.3) is 0 Å². The summed E-state index contributed by atoms with van der Waals surface area (Å²) in [6, 6.07) is -0.559. The fourth-order valence-corrected chi connectivity index (χ4v) is 5.21. The second kappa shape index (κ2) is 9.67. The molecule has 2 heterocycles. The van der Waals surface area contributed by atoms with Crippen molar-refractivity contribution in [2.75, 3.05) is 18.4 Å². The molecule has 1 saturated carbocycles. The van der Waals surface area contributed by atoms with Crippen LogP contribution in [-0.4, -0.2) is 57.5 Å². The van der Waals surface area contributed by atoms with Crippen LogP contribution in [0.4, 0.5) is 5.13 Å². The molecule has 8 nitrogen and oxygen atoms in total. The van der Waals surface area contributed by atoms with Crippen molar-refractivity contribution in [2.45, 2.75) is 58.4 Å². The molecule has 1 aliphatic carbocycles. The van der Waals surface area contributed by atoms with Gasteiger partial charge in [-0.3, -0.25) is 19.6 Å². The van der Waals surface area contributed by atoms with Crippen molar-refractivity contribution in [3.63, 3.8) is 0 Å². The molecule has 0 aromatic carbocycles. The van der Waals surface area contributed by atoms with Gasteiger partial charge in [-0.2, -0.15) is 0 Å². The number of carbonyl (C=O) groups is 3. The highest BCUT2D eigenvalue weighted by atomic mass is 32.1. The number of aryl methyl sites for hydroxylation is 1. The summed E-state index contributed by atoms with van der Waals surface area (Å²) in [7, 11) is 0. The molecule has 3 amide bonds. The molecule has 3 rings (SSSR count). The maximum atomic E-state index is 13.4. The topological polar surface area (TPSA) is 103 Å². The number of amides is 3. The van der Waals surface area contributed by atoms with E-state index < -0.39 is 12.0 Å². The molecule has 1 saturated heterocycles. The minimum atomic E-state index is -0.559. The molecule has 0 bridgehead atoms. The van der Waals surface area contributed by atoms with Gasteiger partial charge in [0, 0.05) is 17.6 Å². The smallest absolute Gasteiger partial charge is 0.248 e. The highest BCUT2D eigenvalue weighted by Crippen LogP contribution is 2.33. The number of aromatic nitrogens is 1. The molecule has 2 N–H and O–H groups in total. The van der Waals surface area contributed by atoms with Crippen molar-refractivity contribution in [1.82, 2.24) is 14.9 Å². The van der Waals surface area contributed by atoms with Crippen LogP contribution in [0.15, 0.2) is 6.20 Å². The van der Waals surface area contributed by atoms with Crippen molar-refractivity contribution in [3.8, 4) is 0 Å². The number of likely N-dealkylation sites (tertiary alicyclic amines) is 1. The van der Waals surface area contributed by atoms with E-state index in [-0.39, 0.29) is 24.3 Å².